The van der Waals surface area contributed by atoms with Gasteiger partial charge in [-0.05, 0) is 36.1 Å². The number of nitrogens with zero attached hydrogens (tertiary/aromatic N) is 1. The highest BCUT2D eigenvalue weighted by Crippen LogP contribution is 2.42. The van der Waals surface area contributed by atoms with Crippen molar-refractivity contribution in [3.8, 4) is 0 Å². The summed E-state index contributed by atoms with van der Waals surface area (Å²) in [5, 5.41) is 9.83. The van der Waals surface area contributed by atoms with E-state index in [1.54, 1.807) is 6.21 Å². The molecule has 0 spiro atoms. The molecule has 0 radical (unpaired) electrons. The molecule has 0 atom stereocenters. The molecule has 0 aliphatic heterocycles. The SMILES string of the molecule is C/C=C(/Cc1cc2c(cc1C)C(C)(C)C=CC2(C)C)N=CCC1=C(O)CCC1=O. The van der Waals surface area contributed by atoms with Gasteiger partial charge in [0.2, 0.25) is 0 Å². The van der Waals surface area contributed by atoms with E-state index < -0.39 is 0 Å². The van der Waals surface area contributed by atoms with E-state index in [1.807, 2.05) is 13.0 Å². The molecule has 3 nitrogen and oxygen atoms in total. The van der Waals surface area contributed by atoms with E-state index in [-0.39, 0.29) is 22.4 Å². The Morgan fingerprint density at radius 1 is 1.10 bits per heavy atom. The van der Waals surface area contributed by atoms with Crippen molar-refractivity contribution in [2.45, 2.75) is 78.1 Å². The molecule has 0 bridgehead atoms. The van der Waals surface area contributed by atoms with Crippen LogP contribution in [0.15, 0.2) is 52.4 Å². The van der Waals surface area contributed by atoms with Gasteiger partial charge in [0.25, 0.3) is 0 Å². The lowest BCUT2D eigenvalue weighted by molar-refractivity contribution is -0.114. The van der Waals surface area contributed by atoms with Crippen LogP contribution in [0.5, 0.6) is 0 Å². The lowest BCUT2D eigenvalue weighted by atomic mass is 9.67. The molecule has 2 aliphatic carbocycles. The topological polar surface area (TPSA) is 49.7 Å². The Kier molecular flexibility index (Phi) is 5.71. The first-order valence-corrected chi connectivity index (χ1v) is 10.5. The van der Waals surface area contributed by atoms with E-state index in [2.05, 4.69) is 63.9 Å². The molecule has 3 heteroatoms. The number of fused-ring (bicyclic) bond motifs is 1. The van der Waals surface area contributed by atoms with E-state index in [1.165, 1.54) is 22.3 Å². The van der Waals surface area contributed by atoms with Gasteiger partial charge < -0.3 is 5.11 Å². The van der Waals surface area contributed by atoms with Crippen molar-refractivity contribution >= 4 is 12.0 Å². The van der Waals surface area contributed by atoms with E-state index in [9.17, 15) is 9.90 Å². The molecule has 2 aliphatic rings. The average Bonchev–Trinajstić information content (AvgIpc) is 2.97. The number of hydrogen-bond donors (Lipinski definition) is 1. The molecular formula is C26H33NO2. The molecule has 154 valence electrons. The Bertz CT molecular complexity index is 955. The maximum Gasteiger partial charge on any atom is 0.163 e. The summed E-state index contributed by atoms with van der Waals surface area (Å²) in [7, 11) is 0. The monoisotopic (exact) mass is 391 g/mol. The zero-order valence-corrected chi connectivity index (χ0v) is 18.6. The molecule has 3 rings (SSSR count). The van der Waals surface area contributed by atoms with E-state index >= 15 is 0 Å². The molecule has 0 heterocycles. The van der Waals surface area contributed by atoms with Crippen LogP contribution < -0.4 is 0 Å². The van der Waals surface area contributed by atoms with Gasteiger partial charge >= 0.3 is 0 Å². The minimum Gasteiger partial charge on any atom is -0.512 e. The first-order chi connectivity index (χ1) is 13.5. The fourth-order valence-electron chi connectivity index (χ4n) is 4.20. The molecule has 0 aromatic heterocycles. The third-order valence-corrected chi connectivity index (χ3v) is 6.31. The number of carbonyl (C=O) groups excluding carboxylic acids is 1. The van der Waals surface area contributed by atoms with Crippen LogP contribution in [-0.4, -0.2) is 17.1 Å². The number of benzene rings is 1. The van der Waals surface area contributed by atoms with Crippen LogP contribution in [0.4, 0.5) is 0 Å². The molecule has 0 fully saturated rings. The summed E-state index contributed by atoms with van der Waals surface area (Å²) < 4.78 is 0. The fraction of sp³-hybridized carbons (Fsp3) is 0.462. The second-order valence-electron chi connectivity index (χ2n) is 9.42. The smallest absolute Gasteiger partial charge is 0.163 e. The van der Waals surface area contributed by atoms with Crippen molar-refractivity contribution < 1.29 is 9.90 Å². The first-order valence-electron chi connectivity index (χ1n) is 10.5. The van der Waals surface area contributed by atoms with Gasteiger partial charge in [0.05, 0.1) is 5.76 Å². The second kappa shape index (κ2) is 7.78. The van der Waals surface area contributed by atoms with Crippen molar-refractivity contribution in [1.29, 1.82) is 0 Å². The van der Waals surface area contributed by atoms with Gasteiger partial charge in [-0.3, -0.25) is 9.79 Å². The quantitative estimate of drug-likeness (QED) is 0.480. The average molecular weight is 392 g/mol. The van der Waals surface area contributed by atoms with Gasteiger partial charge in [0.15, 0.2) is 5.78 Å². The van der Waals surface area contributed by atoms with Crippen molar-refractivity contribution in [2.24, 2.45) is 4.99 Å². The van der Waals surface area contributed by atoms with Gasteiger partial charge in [-0.2, -0.15) is 0 Å². The molecule has 1 N–H and O–H groups in total. The second-order valence-corrected chi connectivity index (χ2v) is 9.42. The number of carbonyl (C=O) groups is 1. The molecule has 0 unspecified atom stereocenters. The Morgan fingerprint density at radius 2 is 1.72 bits per heavy atom. The van der Waals surface area contributed by atoms with E-state index in [0.29, 0.717) is 24.8 Å². The maximum atomic E-state index is 11.8. The molecule has 1 aromatic carbocycles. The molecule has 0 saturated heterocycles. The Morgan fingerprint density at radius 3 is 2.28 bits per heavy atom. The van der Waals surface area contributed by atoms with Gasteiger partial charge in [0.1, 0.15) is 0 Å². The van der Waals surface area contributed by atoms with E-state index in [4.69, 9.17) is 0 Å². The minimum atomic E-state index is 0.0134. The molecule has 0 saturated carbocycles. The van der Waals surface area contributed by atoms with Crippen LogP contribution in [0.25, 0.3) is 0 Å². The largest absolute Gasteiger partial charge is 0.512 e. The summed E-state index contributed by atoms with van der Waals surface area (Å²) in [6.07, 6.45) is 10.5. The summed E-state index contributed by atoms with van der Waals surface area (Å²) in [5.74, 6) is 0.270. The van der Waals surface area contributed by atoms with Crippen molar-refractivity contribution in [3.63, 3.8) is 0 Å². The Labute approximate surface area is 175 Å². The lowest BCUT2D eigenvalue weighted by Crippen LogP contribution is -2.29. The molecule has 0 amide bonds. The zero-order chi connectivity index (χ0) is 21.4. The third-order valence-electron chi connectivity index (χ3n) is 6.31. The van der Waals surface area contributed by atoms with Crippen molar-refractivity contribution in [3.05, 3.63) is 69.6 Å². The van der Waals surface area contributed by atoms with Crippen LogP contribution in [0, 0.1) is 6.92 Å². The highest BCUT2D eigenvalue weighted by atomic mass is 16.3. The number of hydrogen-bond acceptors (Lipinski definition) is 3. The third kappa shape index (κ3) is 4.29. The zero-order valence-electron chi connectivity index (χ0n) is 18.6. The normalized spacial score (nSPS) is 20.6. The standard InChI is InChI=1S/C26H33NO2/c1-7-19(27-13-10-20-23(28)8-9-24(20)29)15-18-16-22-21(14-17(18)2)25(3,4)11-12-26(22,5)6/h7,11-14,16,28H,8-10,15H2,1-6H3/b19-7-,27-13?. The van der Waals surface area contributed by atoms with Gasteiger partial charge in [-0.1, -0.05) is 58.1 Å². The molecule has 29 heavy (non-hydrogen) atoms. The highest BCUT2D eigenvalue weighted by Gasteiger charge is 2.33. The summed E-state index contributed by atoms with van der Waals surface area (Å²) in [6.45, 7) is 13.2. The number of aliphatic imine (C=N–C) groups is 1. The predicted octanol–water partition coefficient (Wildman–Crippen LogP) is 6.20. The number of aliphatic hydroxyl groups excluding tert-OH is 1. The maximum absolute atomic E-state index is 11.8. The van der Waals surface area contributed by atoms with Crippen molar-refractivity contribution in [1.82, 2.24) is 0 Å². The van der Waals surface area contributed by atoms with Gasteiger partial charge in [-0.15, -0.1) is 0 Å². The number of aliphatic hydroxyl groups is 1. The van der Waals surface area contributed by atoms with Crippen LogP contribution in [-0.2, 0) is 22.0 Å². The predicted molar refractivity (Wildman–Crippen MR) is 121 cm³/mol. The van der Waals surface area contributed by atoms with Gasteiger partial charge in [0, 0.05) is 54.0 Å². The number of allylic oxidation sites excluding steroid dienone is 6. The fourth-order valence-corrected chi connectivity index (χ4v) is 4.20. The van der Waals surface area contributed by atoms with Crippen LogP contribution in [0.1, 0.15) is 76.1 Å². The van der Waals surface area contributed by atoms with Crippen LogP contribution in [0.2, 0.25) is 0 Å². The summed E-state index contributed by atoms with van der Waals surface area (Å²) >= 11 is 0. The Balaban J connectivity index is 1.83. The number of rotatable bonds is 5. The van der Waals surface area contributed by atoms with E-state index in [0.717, 1.165) is 12.1 Å². The molecular weight excluding hydrogens is 358 g/mol. The number of aryl methyl sites for hydroxylation is 1. The van der Waals surface area contributed by atoms with Crippen LogP contribution in [0.3, 0.4) is 0 Å². The molecule has 1 aromatic rings. The number of Topliss-reactive ketones (excluding diaryl/α,β-unsaturated/α-hetero) is 1. The summed E-state index contributed by atoms with van der Waals surface area (Å²) in [5.41, 5.74) is 6.90. The highest BCUT2D eigenvalue weighted by molar-refractivity contribution is 6.00. The summed E-state index contributed by atoms with van der Waals surface area (Å²) in [6, 6.07) is 4.69. The van der Waals surface area contributed by atoms with Crippen LogP contribution >= 0.6 is 0 Å². The Hall–Kier alpha value is -2.42. The minimum absolute atomic E-state index is 0.0134. The lowest BCUT2D eigenvalue weighted by Gasteiger charge is -2.37. The van der Waals surface area contributed by atoms with Gasteiger partial charge in [-0.25, -0.2) is 0 Å². The first kappa shape index (κ1) is 21.3. The number of ketones is 1. The van der Waals surface area contributed by atoms with Crippen molar-refractivity contribution in [2.75, 3.05) is 0 Å². The summed E-state index contributed by atoms with van der Waals surface area (Å²) in [4.78, 5) is 16.4.